The largest absolute Gasteiger partial charge is 0.444 e. The van der Waals surface area contributed by atoms with Gasteiger partial charge in [0.15, 0.2) is 0 Å². The lowest BCUT2D eigenvalue weighted by molar-refractivity contribution is 0.0524. The number of fused-ring (bicyclic) bond motifs is 2. The standard InChI is InChI=1S/C18H24N2O2/c1-11-15(10-19-17(21)22-18(2,3)4)14-8-12-6-5-7-13(12)9-16(14)20-11/h8-9,20H,5-7,10H2,1-4H3,(H,19,21). The fourth-order valence-electron chi connectivity index (χ4n) is 3.16. The van der Waals surface area contributed by atoms with Gasteiger partial charge < -0.3 is 15.0 Å². The number of aromatic amines is 1. The van der Waals surface area contributed by atoms with Crippen molar-refractivity contribution in [3.05, 3.63) is 34.5 Å². The van der Waals surface area contributed by atoms with E-state index in [2.05, 4.69) is 29.4 Å². The number of nitrogens with one attached hydrogen (secondary N) is 2. The number of hydrogen-bond donors (Lipinski definition) is 2. The molecule has 1 aliphatic carbocycles. The van der Waals surface area contributed by atoms with Crippen molar-refractivity contribution in [1.82, 2.24) is 10.3 Å². The topological polar surface area (TPSA) is 54.1 Å². The van der Waals surface area contributed by atoms with Gasteiger partial charge in [-0.2, -0.15) is 0 Å². The summed E-state index contributed by atoms with van der Waals surface area (Å²) >= 11 is 0. The average molecular weight is 300 g/mol. The Labute approximate surface area is 131 Å². The maximum atomic E-state index is 11.8. The number of carbonyl (C=O) groups is 1. The molecule has 0 atom stereocenters. The van der Waals surface area contributed by atoms with E-state index in [1.807, 2.05) is 20.8 Å². The van der Waals surface area contributed by atoms with Crippen molar-refractivity contribution in [3.63, 3.8) is 0 Å². The van der Waals surface area contributed by atoms with Crippen molar-refractivity contribution in [2.75, 3.05) is 0 Å². The molecule has 1 heterocycles. The molecule has 4 nitrogen and oxygen atoms in total. The van der Waals surface area contributed by atoms with Crippen LogP contribution in [0.1, 0.15) is 49.6 Å². The van der Waals surface area contributed by atoms with Crippen LogP contribution in [0.5, 0.6) is 0 Å². The molecule has 1 aromatic carbocycles. The highest BCUT2D eigenvalue weighted by Crippen LogP contribution is 2.30. The maximum absolute atomic E-state index is 11.8. The van der Waals surface area contributed by atoms with Crippen molar-refractivity contribution in [3.8, 4) is 0 Å². The van der Waals surface area contributed by atoms with Gasteiger partial charge in [-0.1, -0.05) is 0 Å². The van der Waals surface area contributed by atoms with Gasteiger partial charge in [0.05, 0.1) is 0 Å². The van der Waals surface area contributed by atoms with Gasteiger partial charge in [0, 0.05) is 23.1 Å². The number of carbonyl (C=O) groups excluding carboxylic acids is 1. The monoisotopic (exact) mass is 300 g/mol. The summed E-state index contributed by atoms with van der Waals surface area (Å²) in [5.74, 6) is 0. The summed E-state index contributed by atoms with van der Waals surface area (Å²) in [6.07, 6.45) is 3.21. The van der Waals surface area contributed by atoms with Crippen LogP contribution in [-0.4, -0.2) is 16.7 Å². The molecule has 0 unspecified atom stereocenters. The zero-order chi connectivity index (χ0) is 15.9. The molecule has 1 aromatic heterocycles. The number of aromatic nitrogens is 1. The lowest BCUT2D eigenvalue weighted by Crippen LogP contribution is -2.32. The number of aryl methyl sites for hydroxylation is 3. The normalized spacial score (nSPS) is 14.2. The van der Waals surface area contributed by atoms with Crippen LogP contribution in [0.15, 0.2) is 12.1 Å². The summed E-state index contributed by atoms with van der Waals surface area (Å²) in [7, 11) is 0. The van der Waals surface area contributed by atoms with Gasteiger partial charge in [0.25, 0.3) is 0 Å². The van der Waals surface area contributed by atoms with Gasteiger partial charge in [-0.3, -0.25) is 0 Å². The van der Waals surface area contributed by atoms with Crippen molar-refractivity contribution >= 4 is 17.0 Å². The third-order valence-corrected chi connectivity index (χ3v) is 4.14. The van der Waals surface area contributed by atoms with E-state index in [1.54, 1.807) is 0 Å². The highest BCUT2D eigenvalue weighted by molar-refractivity contribution is 5.86. The Morgan fingerprint density at radius 2 is 1.95 bits per heavy atom. The molecule has 118 valence electrons. The van der Waals surface area contributed by atoms with E-state index in [-0.39, 0.29) is 6.09 Å². The van der Waals surface area contributed by atoms with Crippen molar-refractivity contribution in [2.24, 2.45) is 0 Å². The Bertz CT molecular complexity index is 723. The van der Waals surface area contributed by atoms with Gasteiger partial charge in [-0.15, -0.1) is 0 Å². The van der Waals surface area contributed by atoms with Gasteiger partial charge in [-0.05, 0) is 75.8 Å². The SMILES string of the molecule is Cc1[nH]c2cc3c(cc2c1CNC(=O)OC(C)(C)C)CCC3. The lowest BCUT2D eigenvalue weighted by Gasteiger charge is -2.19. The number of amides is 1. The Kier molecular flexibility index (Phi) is 3.63. The Balaban J connectivity index is 1.82. The predicted octanol–water partition coefficient (Wildman–Crippen LogP) is 3.99. The first-order valence-corrected chi connectivity index (χ1v) is 7.93. The predicted molar refractivity (Wildman–Crippen MR) is 88.1 cm³/mol. The second-order valence-electron chi connectivity index (χ2n) is 7.10. The van der Waals surface area contributed by atoms with Gasteiger partial charge in [0.1, 0.15) is 5.60 Å². The van der Waals surface area contributed by atoms with E-state index >= 15 is 0 Å². The molecular weight excluding hydrogens is 276 g/mol. The van der Waals surface area contributed by atoms with Crippen LogP contribution in [0.25, 0.3) is 10.9 Å². The third-order valence-electron chi connectivity index (χ3n) is 4.14. The van der Waals surface area contributed by atoms with Gasteiger partial charge in [-0.25, -0.2) is 4.79 Å². The molecule has 0 saturated carbocycles. The molecule has 2 N–H and O–H groups in total. The van der Waals surface area contributed by atoms with Crippen molar-refractivity contribution in [1.29, 1.82) is 0 Å². The van der Waals surface area contributed by atoms with E-state index in [0.29, 0.717) is 6.54 Å². The minimum absolute atomic E-state index is 0.373. The number of alkyl carbamates (subject to hydrolysis) is 1. The average Bonchev–Trinajstić information content (AvgIpc) is 2.94. The summed E-state index contributed by atoms with van der Waals surface area (Å²) in [5.41, 5.74) is 5.86. The Morgan fingerprint density at radius 1 is 1.27 bits per heavy atom. The molecule has 22 heavy (non-hydrogen) atoms. The molecular formula is C18H24N2O2. The van der Waals surface area contributed by atoms with E-state index in [1.165, 1.54) is 34.9 Å². The van der Waals surface area contributed by atoms with Crippen LogP contribution in [0.4, 0.5) is 4.79 Å². The number of rotatable bonds is 2. The van der Waals surface area contributed by atoms with Crippen LogP contribution in [0, 0.1) is 6.92 Å². The third kappa shape index (κ3) is 2.96. The fraction of sp³-hybridized carbons (Fsp3) is 0.500. The van der Waals surface area contributed by atoms with Crippen molar-refractivity contribution < 1.29 is 9.53 Å². The quantitative estimate of drug-likeness (QED) is 0.881. The molecule has 1 aliphatic rings. The summed E-state index contributed by atoms with van der Waals surface area (Å²) in [6.45, 7) is 8.14. The molecule has 2 aromatic rings. The molecule has 0 saturated heterocycles. The highest BCUT2D eigenvalue weighted by atomic mass is 16.6. The second-order valence-corrected chi connectivity index (χ2v) is 7.10. The molecule has 0 spiro atoms. The van der Waals surface area contributed by atoms with Crippen LogP contribution < -0.4 is 5.32 Å². The summed E-state index contributed by atoms with van der Waals surface area (Å²) in [6, 6.07) is 4.55. The summed E-state index contributed by atoms with van der Waals surface area (Å²) in [5, 5.41) is 4.08. The van der Waals surface area contributed by atoms with Crippen LogP contribution in [0.3, 0.4) is 0 Å². The minimum atomic E-state index is -0.472. The second kappa shape index (κ2) is 5.34. The number of ether oxygens (including phenoxy) is 1. The molecule has 4 heteroatoms. The smallest absolute Gasteiger partial charge is 0.407 e. The number of H-pyrrole nitrogens is 1. The zero-order valence-corrected chi connectivity index (χ0v) is 13.8. The van der Waals surface area contributed by atoms with Crippen LogP contribution >= 0.6 is 0 Å². The maximum Gasteiger partial charge on any atom is 0.407 e. The van der Waals surface area contributed by atoms with Crippen LogP contribution in [-0.2, 0) is 24.1 Å². The molecule has 3 rings (SSSR count). The zero-order valence-electron chi connectivity index (χ0n) is 13.8. The molecule has 0 bridgehead atoms. The minimum Gasteiger partial charge on any atom is -0.444 e. The van der Waals surface area contributed by atoms with Gasteiger partial charge >= 0.3 is 6.09 Å². The number of hydrogen-bond acceptors (Lipinski definition) is 2. The summed E-state index contributed by atoms with van der Waals surface area (Å²) in [4.78, 5) is 15.3. The van der Waals surface area contributed by atoms with E-state index < -0.39 is 5.60 Å². The van der Waals surface area contributed by atoms with Crippen molar-refractivity contribution in [2.45, 2.75) is 59.1 Å². The van der Waals surface area contributed by atoms with E-state index in [4.69, 9.17) is 4.74 Å². The molecule has 0 radical (unpaired) electrons. The first-order valence-electron chi connectivity index (χ1n) is 7.93. The molecule has 0 fully saturated rings. The van der Waals surface area contributed by atoms with Crippen LogP contribution in [0.2, 0.25) is 0 Å². The number of benzene rings is 1. The first kappa shape index (κ1) is 14.9. The van der Waals surface area contributed by atoms with E-state index in [0.717, 1.165) is 17.7 Å². The fourth-order valence-corrected chi connectivity index (χ4v) is 3.16. The lowest BCUT2D eigenvalue weighted by atomic mass is 10.0. The Morgan fingerprint density at radius 3 is 2.64 bits per heavy atom. The highest BCUT2D eigenvalue weighted by Gasteiger charge is 2.18. The summed E-state index contributed by atoms with van der Waals surface area (Å²) < 4.78 is 5.30. The Hall–Kier alpha value is -1.97. The van der Waals surface area contributed by atoms with Gasteiger partial charge in [0.2, 0.25) is 0 Å². The van der Waals surface area contributed by atoms with E-state index in [9.17, 15) is 4.79 Å². The molecule has 0 aliphatic heterocycles. The molecule has 1 amide bonds. The first-order chi connectivity index (χ1) is 10.3.